The Labute approximate surface area is 107 Å². The van der Waals surface area contributed by atoms with Crippen molar-refractivity contribution in [2.45, 2.75) is 20.4 Å². The van der Waals surface area contributed by atoms with E-state index in [1.165, 1.54) is 13.2 Å². The van der Waals surface area contributed by atoms with E-state index in [0.717, 1.165) is 0 Å². The summed E-state index contributed by atoms with van der Waals surface area (Å²) in [4.78, 5) is 13.2. The second-order valence-electron chi connectivity index (χ2n) is 3.66. The number of amides is 1. The number of methoxy groups -OCH3 is 1. The molecular formula is C14H16FNO2. The second-order valence-corrected chi connectivity index (χ2v) is 3.66. The molecule has 4 heteroatoms. The third-order valence-electron chi connectivity index (χ3n) is 2.49. The number of halogens is 1. The first-order valence-electron chi connectivity index (χ1n) is 5.66. The van der Waals surface area contributed by atoms with Crippen molar-refractivity contribution >= 4 is 5.91 Å². The molecule has 1 amide bonds. The fourth-order valence-electron chi connectivity index (χ4n) is 1.54. The third kappa shape index (κ3) is 3.49. The number of nitrogens with zero attached hydrogens (tertiary/aromatic N) is 1. The van der Waals surface area contributed by atoms with Crippen LogP contribution in [-0.4, -0.2) is 24.5 Å². The minimum atomic E-state index is -0.430. The molecule has 0 bridgehead atoms. The topological polar surface area (TPSA) is 29.5 Å². The van der Waals surface area contributed by atoms with Crippen LogP contribution in [0.4, 0.5) is 4.39 Å². The van der Waals surface area contributed by atoms with Gasteiger partial charge < -0.3 is 9.64 Å². The summed E-state index contributed by atoms with van der Waals surface area (Å²) in [6, 6.07) is 4.65. The summed E-state index contributed by atoms with van der Waals surface area (Å²) in [5, 5.41) is 0. The summed E-state index contributed by atoms with van der Waals surface area (Å²) < 4.78 is 18.3. The molecule has 0 atom stereocenters. The number of rotatable bonds is 4. The number of hydrogen-bond donors (Lipinski definition) is 0. The van der Waals surface area contributed by atoms with Gasteiger partial charge in [-0.15, -0.1) is 0 Å². The van der Waals surface area contributed by atoms with Gasteiger partial charge in [0.15, 0.2) is 11.6 Å². The first kappa shape index (κ1) is 14.0. The Morgan fingerprint density at radius 3 is 2.72 bits per heavy atom. The SMILES string of the molecule is CC#CC(=O)N(CC)Cc1ccc(OC)c(F)c1. The molecule has 0 spiro atoms. The highest BCUT2D eigenvalue weighted by molar-refractivity contribution is 5.93. The van der Waals surface area contributed by atoms with Crippen molar-refractivity contribution in [1.82, 2.24) is 4.90 Å². The van der Waals surface area contributed by atoms with Gasteiger partial charge in [-0.2, -0.15) is 0 Å². The number of benzene rings is 1. The van der Waals surface area contributed by atoms with Gasteiger partial charge in [0.05, 0.1) is 7.11 Å². The summed E-state index contributed by atoms with van der Waals surface area (Å²) in [5.41, 5.74) is 0.710. The van der Waals surface area contributed by atoms with Gasteiger partial charge in [-0.1, -0.05) is 12.0 Å². The standard InChI is InChI=1S/C14H16FNO2/c1-4-6-14(17)16(5-2)10-11-7-8-13(18-3)12(15)9-11/h7-9H,5,10H2,1-3H3. The van der Waals surface area contributed by atoms with Crippen LogP contribution in [0.15, 0.2) is 18.2 Å². The largest absolute Gasteiger partial charge is 0.494 e. The molecule has 96 valence electrons. The summed E-state index contributed by atoms with van der Waals surface area (Å²) in [6.07, 6.45) is 0. The molecule has 0 unspecified atom stereocenters. The molecule has 0 aliphatic carbocycles. The maximum absolute atomic E-state index is 13.5. The fraction of sp³-hybridized carbons (Fsp3) is 0.357. The Hall–Kier alpha value is -2.02. The average Bonchev–Trinajstić information content (AvgIpc) is 2.36. The van der Waals surface area contributed by atoms with E-state index in [4.69, 9.17) is 4.74 Å². The van der Waals surface area contributed by atoms with Crippen LogP contribution in [0.1, 0.15) is 19.4 Å². The zero-order valence-electron chi connectivity index (χ0n) is 10.8. The maximum atomic E-state index is 13.5. The molecule has 18 heavy (non-hydrogen) atoms. The first-order valence-corrected chi connectivity index (χ1v) is 5.66. The molecule has 0 aliphatic rings. The molecule has 0 saturated carbocycles. The molecule has 0 aliphatic heterocycles. The van der Waals surface area contributed by atoms with Crippen molar-refractivity contribution in [3.8, 4) is 17.6 Å². The molecular weight excluding hydrogens is 233 g/mol. The van der Waals surface area contributed by atoms with Crippen LogP contribution in [0.5, 0.6) is 5.75 Å². The lowest BCUT2D eigenvalue weighted by Crippen LogP contribution is -2.29. The van der Waals surface area contributed by atoms with Crippen molar-refractivity contribution in [3.63, 3.8) is 0 Å². The van der Waals surface area contributed by atoms with E-state index in [1.54, 1.807) is 24.0 Å². The summed E-state index contributed by atoms with van der Waals surface area (Å²) in [5.74, 6) is 4.55. The smallest absolute Gasteiger partial charge is 0.298 e. The van der Waals surface area contributed by atoms with E-state index in [0.29, 0.717) is 18.7 Å². The predicted octanol–water partition coefficient (Wildman–Crippen LogP) is 2.21. The lowest BCUT2D eigenvalue weighted by atomic mass is 10.2. The summed E-state index contributed by atoms with van der Waals surface area (Å²) in [7, 11) is 1.41. The summed E-state index contributed by atoms with van der Waals surface area (Å²) in [6.45, 7) is 4.33. The van der Waals surface area contributed by atoms with Crippen molar-refractivity contribution in [2.24, 2.45) is 0 Å². The van der Waals surface area contributed by atoms with Gasteiger partial charge in [-0.05, 0) is 37.5 Å². The van der Waals surface area contributed by atoms with Crippen LogP contribution in [0.2, 0.25) is 0 Å². The molecule has 0 saturated heterocycles. The zero-order chi connectivity index (χ0) is 13.5. The van der Waals surface area contributed by atoms with Crippen LogP contribution in [0.3, 0.4) is 0 Å². The van der Waals surface area contributed by atoms with Crippen molar-refractivity contribution in [3.05, 3.63) is 29.6 Å². The predicted molar refractivity (Wildman–Crippen MR) is 67.5 cm³/mol. The highest BCUT2D eigenvalue weighted by Crippen LogP contribution is 2.18. The van der Waals surface area contributed by atoms with E-state index in [1.807, 2.05) is 6.92 Å². The maximum Gasteiger partial charge on any atom is 0.298 e. The van der Waals surface area contributed by atoms with Crippen molar-refractivity contribution in [2.75, 3.05) is 13.7 Å². The van der Waals surface area contributed by atoms with E-state index in [2.05, 4.69) is 11.8 Å². The summed E-state index contributed by atoms with van der Waals surface area (Å²) >= 11 is 0. The molecule has 0 heterocycles. The van der Waals surface area contributed by atoms with E-state index in [-0.39, 0.29) is 11.7 Å². The number of carbonyl (C=O) groups excluding carboxylic acids is 1. The van der Waals surface area contributed by atoms with Crippen LogP contribution in [0.25, 0.3) is 0 Å². The monoisotopic (exact) mass is 249 g/mol. The minimum absolute atomic E-state index is 0.196. The molecule has 0 radical (unpaired) electrons. The first-order chi connectivity index (χ1) is 8.62. The fourth-order valence-corrected chi connectivity index (χ4v) is 1.54. The Morgan fingerprint density at radius 1 is 1.50 bits per heavy atom. The Bertz CT molecular complexity index is 488. The van der Waals surface area contributed by atoms with E-state index < -0.39 is 5.82 Å². The van der Waals surface area contributed by atoms with Gasteiger partial charge in [0.2, 0.25) is 0 Å². The molecule has 0 aromatic heterocycles. The lowest BCUT2D eigenvalue weighted by Gasteiger charge is -2.18. The van der Waals surface area contributed by atoms with Crippen LogP contribution >= 0.6 is 0 Å². The van der Waals surface area contributed by atoms with Gasteiger partial charge in [0, 0.05) is 13.1 Å². The Kier molecular flexibility index (Phi) is 5.19. The quantitative estimate of drug-likeness (QED) is 0.766. The molecule has 3 nitrogen and oxygen atoms in total. The van der Waals surface area contributed by atoms with Gasteiger partial charge in [-0.3, -0.25) is 4.79 Å². The van der Waals surface area contributed by atoms with Gasteiger partial charge >= 0.3 is 0 Å². The number of carbonyl (C=O) groups is 1. The normalized spacial score (nSPS) is 9.33. The van der Waals surface area contributed by atoms with Crippen LogP contribution in [0, 0.1) is 17.7 Å². The van der Waals surface area contributed by atoms with Crippen LogP contribution < -0.4 is 4.74 Å². The highest BCUT2D eigenvalue weighted by Gasteiger charge is 2.11. The van der Waals surface area contributed by atoms with Gasteiger partial charge in [0.25, 0.3) is 5.91 Å². The van der Waals surface area contributed by atoms with Crippen molar-refractivity contribution < 1.29 is 13.9 Å². The third-order valence-corrected chi connectivity index (χ3v) is 2.49. The Morgan fingerprint density at radius 2 is 2.22 bits per heavy atom. The second kappa shape index (κ2) is 6.65. The zero-order valence-corrected chi connectivity index (χ0v) is 10.8. The molecule has 1 rings (SSSR count). The highest BCUT2D eigenvalue weighted by atomic mass is 19.1. The molecule has 1 aromatic rings. The minimum Gasteiger partial charge on any atom is -0.494 e. The number of ether oxygens (including phenoxy) is 1. The van der Waals surface area contributed by atoms with Crippen molar-refractivity contribution in [1.29, 1.82) is 0 Å². The van der Waals surface area contributed by atoms with Crippen LogP contribution in [-0.2, 0) is 11.3 Å². The average molecular weight is 249 g/mol. The Balaban J connectivity index is 2.84. The molecule has 0 N–H and O–H groups in total. The molecule has 0 fully saturated rings. The van der Waals surface area contributed by atoms with Gasteiger partial charge in [-0.25, -0.2) is 4.39 Å². The molecule has 1 aromatic carbocycles. The number of hydrogen-bond acceptors (Lipinski definition) is 2. The van der Waals surface area contributed by atoms with E-state index in [9.17, 15) is 9.18 Å². The van der Waals surface area contributed by atoms with Gasteiger partial charge in [0.1, 0.15) is 0 Å². The van der Waals surface area contributed by atoms with E-state index >= 15 is 0 Å². The lowest BCUT2D eigenvalue weighted by molar-refractivity contribution is -0.125.